The third kappa shape index (κ3) is 49.2. The first-order valence-corrected chi connectivity index (χ1v) is 27.0. The van der Waals surface area contributed by atoms with Gasteiger partial charge in [-0.3, -0.25) is 9.36 Å². The molecule has 0 N–H and O–H groups in total. The maximum atomic E-state index is 12.7. The Balaban J connectivity index is 4.19. The first-order valence-electron chi connectivity index (χ1n) is 25.5. The van der Waals surface area contributed by atoms with Gasteiger partial charge < -0.3 is 27.9 Å². The molecule has 2 unspecified atom stereocenters. The lowest BCUT2D eigenvalue weighted by Gasteiger charge is -2.28. The predicted molar refractivity (Wildman–Crippen MR) is 263 cm³/mol. The zero-order valence-electron chi connectivity index (χ0n) is 41.1. The predicted octanol–water partition coefficient (Wildman–Crippen LogP) is 15.0. The Bertz CT molecular complexity index is 1170. The van der Waals surface area contributed by atoms with E-state index in [-0.39, 0.29) is 32.2 Å². The molecule has 0 aromatic rings. The average molecular weight is 892 g/mol. The molecule has 0 saturated carbocycles. The van der Waals surface area contributed by atoms with E-state index in [4.69, 9.17) is 18.5 Å². The molecule has 62 heavy (non-hydrogen) atoms. The number of phosphoric acid groups is 1. The number of quaternary nitrogens is 1. The number of allylic oxidation sites excluding steroid dienone is 10. The fourth-order valence-corrected chi connectivity index (χ4v) is 7.66. The van der Waals surface area contributed by atoms with Gasteiger partial charge in [0.2, 0.25) is 0 Å². The Morgan fingerprint density at radius 3 is 1.39 bits per heavy atom. The van der Waals surface area contributed by atoms with Gasteiger partial charge in [-0.05, 0) is 57.8 Å². The highest BCUT2D eigenvalue weighted by atomic mass is 31.2. The number of carbonyl (C=O) groups is 1. The highest BCUT2D eigenvalue weighted by Gasteiger charge is 2.20. The van der Waals surface area contributed by atoms with E-state index in [9.17, 15) is 14.3 Å². The molecule has 0 aliphatic rings. The van der Waals surface area contributed by atoms with Crippen molar-refractivity contribution < 1.29 is 37.3 Å². The quantitative estimate of drug-likeness (QED) is 0.0197. The second-order valence-corrected chi connectivity index (χ2v) is 19.6. The summed E-state index contributed by atoms with van der Waals surface area (Å²) in [6.07, 6.45) is 58.2. The lowest BCUT2D eigenvalue weighted by atomic mass is 10.0. The molecule has 0 aromatic heterocycles. The van der Waals surface area contributed by atoms with Crippen molar-refractivity contribution in [3.63, 3.8) is 0 Å². The summed E-state index contributed by atoms with van der Waals surface area (Å²) in [4.78, 5) is 25.2. The summed E-state index contributed by atoms with van der Waals surface area (Å²) in [5.74, 6) is -0.363. The molecule has 0 heterocycles. The number of ether oxygens (including phenoxy) is 2. The number of hydrogen-bond donors (Lipinski definition) is 0. The van der Waals surface area contributed by atoms with Crippen LogP contribution in [0.4, 0.5) is 0 Å². The molecule has 0 aromatic carbocycles. The number of esters is 1. The standard InChI is InChI=1S/C53H98NO7P/c1-6-8-10-12-14-16-18-20-22-24-26-27-29-31-33-35-37-39-41-43-45-48-58-50-52(51-60-62(56,57)59-49-47-54(3,4)5)61-53(55)46-44-42-40-38-36-34-32-30-28-25-23-21-19-17-15-13-11-9-7-2/h9,11,15,17,21,23,28,30,34,36,52H,6-8,10,12-14,16,18-20,22,24-27,29,31-33,35,37-51H2,1-5H3/b11-9-,17-15-,23-21-,30-28-,36-34-. The Labute approximate surface area is 383 Å². The maximum absolute atomic E-state index is 12.7. The van der Waals surface area contributed by atoms with Crippen LogP contribution in [-0.4, -0.2) is 70.7 Å². The summed E-state index contributed by atoms with van der Waals surface area (Å²) < 4.78 is 34.7. The fraction of sp³-hybridized carbons (Fsp3) is 0.792. The van der Waals surface area contributed by atoms with Crippen LogP contribution in [0.15, 0.2) is 60.8 Å². The van der Waals surface area contributed by atoms with Crippen LogP contribution in [0.2, 0.25) is 0 Å². The van der Waals surface area contributed by atoms with Gasteiger partial charge in [-0.15, -0.1) is 0 Å². The van der Waals surface area contributed by atoms with Crippen LogP contribution in [0, 0.1) is 0 Å². The molecule has 9 heteroatoms. The van der Waals surface area contributed by atoms with Crippen LogP contribution >= 0.6 is 7.82 Å². The Hall–Kier alpha value is -1.80. The van der Waals surface area contributed by atoms with Crippen LogP contribution in [-0.2, 0) is 27.9 Å². The molecule has 0 fully saturated rings. The number of likely N-dealkylation sites (N-methyl/N-ethyl adjacent to an activating group) is 1. The maximum Gasteiger partial charge on any atom is 0.306 e. The smallest absolute Gasteiger partial charge is 0.306 e. The van der Waals surface area contributed by atoms with Crippen LogP contribution < -0.4 is 4.89 Å². The van der Waals surface area contributed by atoms with Gasteiger partial charge in [0.15, 0.2) is 0 Å². The monoisotopic (exact) mass is 892 g/mol. The molecule has 0 amide bonds. The first-order chi connectivity index (χ1) is 30.1. The van der Waals surface area contributed by atoms with E-state index in [1.54, 1.807) is 0 Å². The molecule has 0 bridgehead atoms. The summed E-state index contributed by atoms with van der Waals surface area (Å²) >= 11 is 0. The minimum absolute atomic E-state index is 0.0182. The van der Waals surface area contributed by atoms with E-state index in [0.29, 0.717) is 24.1 Å². The Kier molecular flexibility index (Phi) is 44.4. The molecule has 8 nitrogen and oxygen atoms in total. The van der Waals surface area contributed by atoms with E-state index in [1.165, 1.54) is 122 Å². The van der Waals surface area contributed by atoms with Gasteiger partial charge in [-0.2, -0.15) is 0 Å². The topological polar surface area (TPSA) is 94.1 Å². The summed E-state index contributed by atoms with van der Waals surface area (Å²) in [5.41, 5.74) is 0. The second kappa shape index (κ2) is 45.8. The number of nitrogens with zero attached hydrogens (tertiary/aromatic N) is 1. The molecule has 0 aliphatic carbocycles. The van der Waals surface area contributed by atoms with E-state index < -0.39 is 13.9 Å². The summed E-state index contributed by atoms with van der Waals surface area (Å²) in [6.45, 7) is 5.28. The van der Waals surface area contributed by atoms with Crippen LogP contribution in [0.5, 0.6) is 0 Å². The van der Waals surface area contributed by atoms with Gasteiger partial charge in [0.25, 0.3) is 7.82 Å². The van der Waals surface area contributed by atoms with Crippen molar-refractivity contribution in [2.45, 2.75) is 219 Å². The van der Waals surface area contributed by atoms with Crippen molar-refractivity contribution in [1.82, 2.24) is 0 Å². The highest BCUT2D eigenvalue weighted by molar-refractivity contribution is 7.45. The summed E-state index contributed by atoms with van der Waals surface area (Å²) in [5, 5.41) is 0. The van der Waals surface area contributed by atoms with Crippen molar-refractivity contribution >= 4 is 13.8 Å². The number of unbranched alkanes of at least 4 members (excludes halogenated alkanes) is 23. The largest absolute Gasteiger partial charge is 0.756 e. The molecule has 0 radical (unpaired) electrons. The molecule has 2 atom stereocenters. The van der Waals surface area contributed by atoms with Crippen molar-refractivity contribution in [2.24, 2.45) is 0 Å². The van der Waals surface area contributed by atoms with E-state index >= 15 is 0 Å². The van der Waals surface area contributed by atoms with Crippen molar-refractivity contribution in [3.05, 3.63) is 60.8 Å². The second-order valence-electron chi connectivity index (χ2n) is 18.2. The van der Waals surface area contributed by atoms with E-state index in [0.717, 1.165) is 64.2 Å². The van der Waals surface area contributed by atoms with Crippen LogP contribution in [0.25, 0.3) is 0 Å². The minimum atomic E-state index is -4.54. The third-order valence-electron chi connectivity index (χ3n) is 10.8. The van der Waals surface area contributed by atoms with Crippen molar-refractivity contribution in [3.8, 4) is 0 Å². The fourth-order valence-electron chi connectivity index (χ4n) is 6.93. The molecule has 362 valence electrons. The number of phosphoric ester groups is 1. The van der Waals surface area contributed by atoms with Gasteiger partial charge in [-0.1, -0.05) is 209 Å². The van der Waals surface area contributed by atoms with Crippen LogP contribution in [0.3, 0.4) is 0 Å². The Morgan fingerprint density at radius 2 is 0.935 bits per heavy atom. The van der Waals surface area contributed by atoms with Gasteiger partial charge >= 0.3 is 5.97 Å². The lowest BCUT2D eigenvalue weighted by molar-refractivity contribution is -0.870. The molecular formula is C53H98NO7P. The number of rotatable bonds is 47. The Morgan fingerprint density at radius 1 is 0.516 bits per heavy atom. The van der Waals surface area contributed by atoms with Crippen molar-refractivity contribution in [1.29, 1.82) is 0 Å². The zero-order chi connectivity index (χ0) is 45.5. The molecule has 0 spiro atoms. The van der Waals surface area contributed by atoms with E-state index in [1.807, 2.05) is 21.1 Å². The normalized spacial score (nSPS) is 14.1. The molecule has 0 aliphatic heterocycles. The molecular weight excluding hydrogens is 794 g/mol. The van der Waals surface area contributed by atoms with Crippen LogP contribution in [0.1, 0.15) is 213 Å². The minimum Gasteiger partial charge on any atom is -0.756 e. The number of carbonyl (C=O) groups excluding carboxylic acids is 1. The van der Waals surface area contributed by atoms with Gasteiger partial charge in [0, 0.05) is 13.0 Å². The lowest BCUT2D eigenvalue weighted by Crippen LogP contribution is -2.37. The van der Waals surface area contributed by atoms with E-state index in [2.05, 4.69) is 74.6 Å². The SMILES string of the molecule is CC/C=C\C/C=C\C/C=C\C/C=C\C/C=C\CCCCCC(=O)OC(COCCCCCCCCCCCCCCCCCCCCCCC)COP(=O)([O-])OCC[N+](C)(C)C. The van der Waals surface area contributed by atoms with Gasteiger partial charge in [0.05, 0.1) is 34.4 Å². The first kappa shape index (κ1) is 60.2. The molecule has 0 rings (SSSR count). The average Bonchev–Trinajstić information content (AvgIpc) is 3.23. The zero-order valence-corrected chi connectivity index (χ0v) is 42.0. The molecule has 0 saturated heterocycles. The highest BCUT2D eigenvalue weighted by Crippen LogP contribution is 2.38. The number of hydrogen-bond acceptors (Lipinski definition) is 7. The van der Waals surface area contributed by atoms with Crippen molar-refractivity contribution in [2.75, 3.05) is 54.1 Å². The van der Waals surface area contributed by atoms with Gasteiger partial charge in [0.1, 0.15) is 19.3 Å². The van der Waals surface area contributed by atoms with Gasteiger partial charge in [-0.25, -0.2) is 0 Å². The summed E-state index contributed by atoms with van der Waals surface area (Å²) in [6, 6.07) is 0. The third-order valence-corrected chi connectivity index (χ3v) is 11.8. The summed E-state index contributed by atoms with van der Waals surface area (Å²) in [7, 11) is 1.33.